The van der Waals surface area contributed by atoms with Gasteiger partial charge in [0.05, 0.1) is 16.3 Å². The molecule has 0 atom stereocenters. The number of carbonyl (C=O) groups excluding carboxylic acids is 1. The molecule has 1 N–H and O–H groups in total. The quantitative estimate of drug-likeness (QED) is 0.431. The van der Waals surface area contributed by atoms with E-state index < -0.39 is 4.92 Å². The van der Waals surface area contributed by atoms with E-state index in [1.807, 2.05) is 32.0 Å². The monoisotopic (exact) mass is 447 g/mol. The minimum atomic E-state index is -0.431. The number of aryl methyl sites for hydroxylation is 2. The minimum absolute atomic E-state index is 0.0170. The van der Waals surface area contributed by atoms with Crippen LogP contribution in [0.15, 0.2) is 48.5 Å². The molecule has 172 valence electrons. The van der Waals surface area contributed by atoms with Crippen LogP contribution in [0.25, 0.3) is 16.9 Å². The van der Waals surface area contributed by atoms with Crippen molar-refractivity contribution in [1.29, 1.82) is 0 Å². The molecule has 8 heteroatoms. The summed E-state index contributed by atoms with van der Waals surface area (Å²) in [5, 5.41) is 18.8. The number of benzene rings is 2. The zero-order valence-electron chi connectivity index (χ0n) is 19.1. The van der Waals surface area contributed by atoms with Crippen LogP contribution in [0.3, 0.4) is 0 Å². The van der Waals surface area contributed by atoms with Crippen molar-refractivity contribution in [3.63, 3.8) is 0 Å². The Morgan fingerprint density at radius 1 is 1.06 bits per heavy atom. The predicted octanol–water partition coefficient (Wildman–Crippen LogP) is 4.28. The van der Waals surface area contributed by atoms with Gasteiger partial charge in [-0.3, -0.25) is 14.9 Å². The number of nitrogens with one attached hydrogen (secondary N) is 1. The topological polar surface area (TPSA) is 93.3 Å². The molecule has 1 aromatic heterocycles. The molecule has 2 aromatic carbocycles. The first-order chi connectivity index (χ1) is 15.9. The summed E-state index contributed by atoms with van der Waals surface area (Å²) in [5.74, 6) is -0.187. The van der Waals surface area contributed by atoms with Gasteiger partial charge in [0, 0.05) is 30.8 Å². The van der Waals surface area contributed by atoms with Gasteiger partial charge >= 0.3 is 0 Å². The summed E-state index contributed by atoms with van der Waals surface area (Å²) in [4.78, 5) is 26.1. The Kier molecular flexibility index (Phi) is 6.84. The summed E-state index contributed by atoms with van der Waals surface area (Å²) in [6, 6.07) is 14.0. The lowest BCUT2D eigenvalue weighted by Crippen LogP contribution is -2.38. The molecule has 0 radical (unpaired) electrons. The minimum Gasteiger partial charge on any atom is -0.349 e. The molecule has 0 saturated carbocycles. The number of nitro groups is 1. The predicted molar refractivity (Wildman–Crippen MR) is 128 cm³/mol. The van der Waals surface area contributed by atoms with Crippen molar-refractivity contribution in [2.24, 2.45) is 0 Å². The van der Waals surface area contributed by atoms with Gasteiger partial charge in [0.1, 0.15) is 5.69 Å². The molecule has 1 amide bonds. The molecule has 4 rings (SSSR count). The van der Waals surface area contributed by atoms with Gasteiger partial charge in [-0.2, -0.15) is 5.10 Å². The normalized spacial score (nSPS) is 14.2. The van der Waals surface area contributed by atoms with Gasteiger partial charge in [-0.15, -0.1) is 0 Å². The van der Waals surface area contributed by atoms with Crippen molar-refractivity contribution in [2.45, 2.75) is 33.1 Å². The van der Waals surface area contributed by atoms with Crippen LogP contribution in [0.5, 0.6) is 0 Å². The maximum absolute atomic E-state index is 13.2. The number of nitro benzene ring substituents is 1. The second-order valence-corrected chi connectivity index (χ2v) is 8.58. The van der Waals surface area contributed by atoms with Gasteiger partial charge < -0.3 is 10.2 Å². The fourth-order valence-corrected chi connectivity index (χ4v) is 4.17. The lowest BCUT2D eigenvalue weighted by molar-refractivity contribution is -0.384. The first-order valence-electron chi connectivity index (χ1n) is 11.4. The number of piperidine rings is 1. The maximum Gasteiger partial charge on any atom is 0.270 e. The molecule has 1 saturated heterocycles. The zero-order chi connectivity index (χ0) is 23.4. The van der Waals surface area contributed by atoms with Crippen LogP contribution in [-0.2, 0) is 0 Å². The molecule has 33 heavy (non-hydrogen) atoms. The third kappa shape index (κ3) is 5.28. The van der Waals surface area contributed by atoms with Gasteiger partial charge in [0.2, 0.25) is 0 Å². The van der Waals surface area contributed by atoms with Crippen LogP contribution in [0.2, 0.25) is 0 Å². The van der Waals surface area contributed by atoms with Crippen LogP contribution in [0, 0.1) is 24.0 Å². The number of carbonyl (C=O) groups is 1. The van der Waals surface area contributed by atoms with Crippen molar-refractivity contribution in [3.8, 4) is 16.9 Å². The Labute approximate surface area is 193 Å². The van der Waals surface area contributed by atoms with Crippen LogP contribution in [0.4, 0.5) is 5.69 Å². The molecular formula is C25H29N5O3. The van der Waals surface area contributed by atoms with E-state index in [-0.39, 0.29) is 11.6 Å². The lowest BCUT2D eigenvalue weighted by Gasteiger charge is -2.26. The lowest BCUT2D eigenvalue weighted by atomic mass is 10.1. The maximum atomic E-state index is 13.2. The van der Waals surface area contributed by atoms with E-state index in [1.54, 1.807) is 22.9 Å². The largest absolute Gasteiger partial charge is 0.349 e. The number of amides is 1. The van der Waals surface area contributed by atoms with Crippen molar-refractivity contribution in [1.82, 2.24) is 20.0 Å². The Morgan fingerprint density at radius 2 is 1.79 bits per heavy atom. The van der Waals surface area contributed by atoms with Crippen LogP contribution < -0.4 is 5.32 Å². The first-order valence-corrected chi connectivity index (χ1v) is 11.4. The van der Waals surface area contributed by atoms with Crippen LogP contribution in [-0.4, -0.2) is 51.7 Å². The average molecular weight is 448 g/mol. The van der Waals surface area contributed by atoms with E-state index in [1.165, 1.54) is 31.4 Å². The van der Waals surface area contributed by atoms with E-state index in [4.69, 9.17) is 5.10 Å². The van der Waals surface area contributed by atoms with E-state index in [2.05, 4.69) is 10.2 Å². The first kappa shape index (κ1) is 22.7. The second-order valence-electron chi connectivity index (χ2n) is 8.58. The number of rotatable bonds is 7. The molecule has 0 unspecified atom stereocenters. The van der Waals surface area contributed by atoms with Gasteiger partial charge in [-0.25, -0.2) is 4.68 Å². The molecule has 0 spiro atoms. The summed E-state index contributed by atoms with van der Waals surface area (Å²) in [6.45, 7) is 7.56. The van der Waals surface area contributed by atoms with Gasteiger partial charge in [-0.05, 0) is 75.2 Å². The van der Waals surface area contributed by atoms with E-state index in [9.17, 15) is 14.9 Å². The van der Waals surface area contributed by atoms with E-state index in [0.29, 0.717) is 23.5 Å². The SMILES string of the molecule is Cc1ccc(C)c(-n2nc(-c3ccc([N+](=O)[O-])cc3)cc2C(=O)NCCN2CCCCC2)c1. The highest BCUT2D eigenvalue weighted by atomic mass is 16.6. The number of aromatic nitrogens is 2. The summed E-state index contributed by atoms with van der Waals surface area (Å²) >= 11 is 0. The molecule has 1 aliphatic rings. The molecule has 3 aromatic rings. The number of nitrogens with zero attached hydrogens (tertiary/aromatic N) is 4. The third-order valence-electron chi connectivity index (χ3n) is 6.07. The highest BCUT2D eigenvalue weighted by Gasteiger charge is 2.20. The van der Waals surface area contributed by atoms with Crippen molar-refractivity contribution in [2.75, 3.05) is 26.2 Å². The highest BCUT2D eigenvalue weighted by Crippen LogP contribution is 2.25. The Bertz CT molecular complexity index is 1150. The summed E-state index contributed by atoms with van der Waals surface area (Å²) in [7, 11) is 0. The van der Waals surface area contributed by atoms with Gasteiger partial charge in [-0.1, -0.05) is 18.6 Å². The van der Waals surface area contributed by atoms with Crippen molar-refractivity contribution in [3.05, 3.63) is 75.5 Å². The Morgan fingerprint density at radius 3 is 2.48 bits per heavy atom. The number of hydrogen-bond acceptors (Lipinski definition) is 5. The molecular weight excluding hydrogens is 418 g/mol. The molecule has 0 aliphatic carbocycles. The Hall–Kier alpha value is -3.52. The van der Waals surface area contributed by atoms with Gasteiger partial charge in [0.25, 0.3) is 11.6 Å². The standard InChI is InChI=1S/C25H29N5O3/c1-18-6-7-19(2)23(16-18)29-24(25(31)26-12-15-28-13-4-3-5-14-28)17-22(27-29)20-8-10-21(11-9-20)30(32)33/h6-11,16-17H,3-5,12-15H2,1-2H3,(H,26,31). The molecule has 0 bridgehead atoms. The average Bonchev–Trinajstić information content (AvgIpc) is 3.27. The number of non-ortho nitro benzene ring substituents is 1. The second kappa shape index (κ2) is 9.95. The summed E-state index contributed by atoms with van der Waals surface area (Å²) in [6.07, 6.45) is 3.71. The Balaban J connectivity index is 1.62. The van der Waals surface area contributed by atoms with Gasteiger partial charge in [0.15, 0.2) is 0 Å². The summed E-state index contributed by atoms with van der Waals surface area (Å²) < 4.78 is 1.68. The number of hydrogen-bond donors (Lipinski definition) is 1. The molecule has 1 fully saturated rings. The fraction of sp³-hybridized carbons (Fsp3) is 0.360. The number of likely N-dealkylation sites (tertiary alicyclic amines) is 1. The molecule has 2 heterocycles. The summed E-state index contributed by atoms with van der Waals surface area (Å²) in [5.41, 5.74) is 4.67. The third-order valence-corrected chi connectivity index (χ3v) is 6.07. The van der Waals surface area contributed by atoms with Crippen LogP contribution >= 0.6 is 0 Å². The molecule has 1 aliphatic heterocycles. The molecule has 8 nitrogen and oxygen atoms in total. The van der Waals surface area contributed by atoms with Crippen molar-refractivity contribution < 1.29 is 9.72 Å². The van der Waals surface area contributed by atoms with E-state index >= 15 is 0 Å². The van der Waals surface area contributed by atoms with Crippen molar-refractivity contribution >= 4 is 11.6 Å². The highest BCUT2D eigenvalue weighted by molar-refractivity contribution is 5.94. The van der Waals surface area contributed by atoms with Crippen LogP contribution in [0.1, 0.15) is 40.9 Å². The zero-order valence-corrected chi connectivity index (χ0v) is 19.1. The van der Waals surface area contributed by atoms with E-state index in [0.717, 1.165) is 36.4 Å². The smallest absolute Gasteiger partial charge is 0.270 e. The fourth-order valence-electron chi connectivity index (χ4n) is 4.17.